The Morgan fingerprint density at radius 1 is 1.15 bits per heavy atom. The summed E-state index contributed by atoms with van der Waals surface area (Å²) in [6, 6.07) is 8.35. The first-order valence-corrected chi connectivity index (χ1v) is 13.2. The smallest absolute Gasteiger partial charge is 0.350 e. The Morgan fingerprint density at radius 3 is 2.58 bits per heavy atom. The van der Waals surface area contributed by atoms with E-state index in [0.29, 0.717) is 33.2 Å². The van der Waals surface area contributed by atoms with Gasteiger partial charge in [0, 0.05) is 11.9 Å². The number of nitrogens with one attached hydrogen (secondary N) is 1. The fourth-order valence-corrected chi connectivity index (χ4v) is 5.09. The van der Waals surface area contributed by atoms with E-state index in [1.54, 1.807) is 18.7 Å². The molecule has 0 fully saturated rings. The predicted molar refractivity (Wildman–Crippen MR) is 133 cm³/mol. The van der Waals surface area contributed by atoms with E-state index in [9.17, 15) is 9.59 Å². The van der Waals surface area contributed by atoms with E-state index >= 15 is 0 Å². The number of anilines is 1. The van der Waals surface area contributed by atoms with Crippen molar-refractivity contribution in [1.29, 1.82) is 0 Å². The maximum absolute atomic E-state index is 12.4. The summed E-state index contributed by atoms with van der Waals surface area (Å²) in [7, 11) is 1.89. The average molecular weight is 506 g/mol. The van der Waals surface area contributed by atoms with E-state index < -0.39 is 5.97 Å². The topological polar surface area (TPSA) is 99.0 Å². The number of carbonyl (C=O) groups is 2. The van der Waals surface area contributed by atoms with Crippen molar-refractivity contribution in [2.45, 2.75) is 43.5 Å². The molecule has 1 aromatic carbocycles. The third-order valence-electron chi connectivity index (χ3n) is 4.42. The van der Waals surface area contributed by atoms with Gasteiger partial charge in [-0.1, -0.05) is 54.6 Å². The molecule has 0 unspecified atom stereocenters. The standard InChI is InChI=1S/C22H27N5O3S3/c1-13(2)10-30-20(29)19-15(4)23-21(33-19)24-18(28)12-32-22-26-25-17(27(22)5)11-31-16-8-6-14(3)7-9-16/h6-9,13H,10-12H2,1-5H3,(H,23,24,28). The number of ether oxygens (including phenoxy) is 1. The molecule has 2 aromatic heterocycles. The van der Waals surface area contributed by atoms with Gasteiger partial charge in [-0.05, 0) is 31.9 Å². The Hall–Kier alpha value is -2.37. The molecule has 1 N–H and O–H groups in total. The number of hydrogen-bond donors (Lipinski definition) is 1. The molecule has 176 valence electrons. The highest BCUT2D eigenvalue weighted by molar-refractivity contribution is 7.99. The lowest BCUT2D eigenvalue weighted by molar-refractivity contribution is -0.113. The third kappa shape index (κ3) is 7.31. The van der Waals surface area contributed by atoms with Crippen molar-refractivity contribution in [3.63, 3.8) is 0 Å². The number of amides is 1. The lowest BCUT2D eigenvalue weighted by atomic mass is 10.2. The van der Waals surface area contributed by atoms with Crippen LogP contribution in [0.4, 0.5) is 5.13 Å². The largest absolute Gasteiger partial charge is 0.461 e. The van der Waals surface area contributed by atoms with Crippen LogP contribution in [0.2, 0.25) is 0 Å². The van der Waals surface area contributed by atoms with Crippen LogP contribution in [-0.4, -0.2) is 44.0 Å². The molecule has 0 saturated heterocycles. The van der Waals surface area contributed by atoms with Crippen molar-refractivity contribution < 1.29 is 14.3 Å². The summed E-state index contributed by atoms with van der Waals surface area (Å²) in [5.74, 6) is 1.29. The molecule has 1 amide bonds. The molecule has 3 aromatic rings. The summed E-state index contributed by atoms with van der Waals surface area (Å²) in [6.45, 7) is 8.08. The van der Waals surface area contributed by atoms with Crippen LogP contribution >= 0.6 is 34.9 Å². The number of esters is 1. The molecule has 0 saturated carbocycles. The van der Waals surface area contributed by atoms with Gasteiger partial charge in [0.15, 0.2) is 10.3 Å². The second-order valence-electron chi connectivity index (χ2n) is 7.82. The Morgan fingerprint density at radius 2 is 1.88 bits per heavy atom. The van der Waals surface area contributed by atoms with Crippen molar-refractivity contribution in [2.75, 3.05) is 17.7 Å². The highest BCUT2D eigenvalue weighted by Crippen LogP contribution is 2.26. The second-order valence-corrected chi connectivity index (χ2v) is 10.8. The van der Waals surface area contributed by atoms with Gasteiger partial charge in [-0.15, -0.1) is 22.0 Å². The zero-order valence-corrected chi connectivity index (χ0v) is 21.7. The summed E-state index contributed by atoms with van der Waals surface area (Å²) in [5.41, 5.74) is 1.77. The van der Waals surface area contributed by atoms with E-state index in [4.69, 9.17) is 4.74 Å². The quantitative estimate of drug-likeness (QED) is 0.312. The molecule has 2 heterocycles. The Bertz CT molecular complexity index is 1110. The first-order valence-electron chi connectivity index (χ1n) is 10.4. The van der Waals surface area contributed by atoms with Gasteiger partial charge in [-0.2, -0.15) is 0 Å². The zero-order chi connectivity index (χ0) is 24.0. The molecule has 11 heteroatoms. The molecule has 3 rings (SSSR count). The number of carbonyl (C=O) groups excluding carboxylic acids is 2. The summed E-state index contributed by atoms with van der Waals surface area (Å²) >= 11 is 4.11. The first-order chi connectivity index (χ1) is 15.7. The summed E-state index contributed by atoms with van der Waals surface area (Å²) < 4.78 is 7.16. The van der Waals surface area contributed by atoms with Crippen LogP contribution in [-0.2, 0) is 22.3 Å². The molecule has 0 aliphatic carbocycles. The summed E-state index contributed by atoms with van der Waals surface area (Å²) in [5, 5.41) is 12.2. The van der Waals surface area contributed by atoms with Gasteiger partial charge in [0.05, 0.1) is 23.8 Å². The van der Waals surface area contributed by atoms with Crippen LogP contribution in [0.1, 0.15) is 40.6 Å². The molecule has 0 aliphatic rings. The fourth-order valence-electron chi connectivity index (χ4n) is 2.61. The molecule has 0 aliphatic heterocycles. The third-order valence-corrected chi connectivity index (χ3v) is 7.50. The van der Waals surface area contributed by atoms with Gasteiger partial charge in [-0.25, -0.2) is 9.78 Å². The number of thioether (sulfide) groups is 2. The number of thiazole rings is 1. The minimum Gasteiger partial charge on any atom is -0.461 e. The number of benzene rings is 1. The van der Waals surface area contributed by atoms with Crippen LogP contribution < -0.4 is 5.32 Å². The lowest BCUT2D eigenvalue weighted by Crippen LogP contribution is -2.14. The van der Waals surface area contributed by atoms with E-state index in [2.05, 4.69) is 51.7 Å². The highest BCUT2D eigenvalue weighted by atomic mass is 32.2. The van der Waals surface area contributed by atoms with Crippen molar-refractivity contribution in [1.82, 2.24) is 19.7 Å². The molecular weight excluding hydrogens is 478 g/mol. The lowest BCUT2D eigenvalue weighted by Gasteiger charge is -2.05. The van der Waals surface area contributed by atoms with Crippen LogP contribution in [0, 0.1) is 19.8 Å². The summed E-state index contributed by atoms with van der Waals surface area (Å²) in [6.07, 6.45) is 0. The first kappa shape index (κ1) is 25.3. The molecule has 33 heavy (non-hydrogen) atoms. The molecule has 0 bridgehead atoms. The number of aryl methyl sites for hydroxylation is 2. The Balaban J connectivity index is 1.50. The van der Waals surface area contributed by atoms with Gasteiger partial charge >= 0.3 is 5.97 Å². The minimum absolute atomic E-state index is 0.156. The van der Waals surface area contributed by atoms with Gasteiger partial charge < -0.3 is 14.6 Å². The normalized spacial score (nSPS) is 11.1. The van der Waals surface area contributed by atoms with Crippen molar-refractivity contribution in [3.8, 4) is 0 Å². The molecule has 0 spiro atoms. The molecule has 0 radical (unpaired) electrons. The highest BCUT2D eigenvalue weighted by Gasteiger charge is 2.19. The number of aromatic nitrogens is 4. The van der Waals surface area contributed by atoms with Gasteiger partial charge in [0.25, 0.3) is 0 Å². The fraction of sp³-hybridized carbons (Fsp3) is 0.409. The van der Waals surface area contributed by atoms with Gasteiger partial charge in [0.2, 0.25) is 5.91 Å². The Kier molecular flexibility index (Phi) is 8.93. The van der Waals surface area contributed by atoms with Gasteiger partial charge in [-0.3, -0.25) is 4.79 Å². The zero-order valence-electron chi connectivity index (χ0n) is 19.2. The van der Waals surface area contributed by atoms with Crippen molar-refractivity contribution in [2.24, 2.45) is 13.0 Å². The minimum atomic E-state index is -0.413. The number of nitrogens with zero attached hydrogens (tertiary/aromatic N) is 4. The maximum atomic E-state index is 12.4. The van der Waals surface area contributed by atoms with E-state index in [1.165, 1.54) is 22.2 Å². The van der Waals surface area contributed by atoms with Crippen LogP contribution in [0.15, 0.2) is 34.3 Å². The van der Waals surface area contributed by atoms with Crippen molar-refractivity contribution in [3.05, 3.63) is 46.2 Å². The van der Waals surface area contributed by atoms with Crippen molar-refractivity contribution >= 4 is 51.9 Å². The molecule has 0 atom stereocenters. The maximum Gasteiger partial charge on any atom is 0.350 e. The molecular formula is C22H27N5O3S3. The van der Waals surface area contributed by atoms with Crippen LogP contribution in [0.25, 0.3) is 0 Å². The number of hydrogen-bond acceptors (Lipinski definition) is 9. The van der Waals surface area contributed by atoms with E-state index in [0.717, 1.165) is 17.2 Å². The van der Waals surface area contributed by atoms with E-state index in [1.807, 2.05) is 25.5 Å². The monoisotopic (exact) mass is 505 g/mol. The van der Waals surface area contributed by atoms with Crippen LogP contribution in [0.3, 0.4) is 0 Å². The van der Waals surface area contributed by atoms with Gasteiger partial charge in [0.1, 0.15) is 10.7 Å². The number of rotatable bonds is 10. The SMILES string of the molecule is Cc1ccc(SCc2nnc(SCC(=O)Nc3nc(C)c(C(=O)OCC(C)C)s3)n2C)cc1. The predicted octanol–water partition coefficient (Wildman–Crippen LogP) is 4.72. The molecule has 8 nitrogen and oxygen atoms in total. The van der Waals surface area contributed by atoms with E-state index in [-0.39, 0.29) is 17.6 Å². The van der Waals surface area contributed by atoms with Crippen LogP contribution in [0.5, 0.6) is 0 Å². The summed E-state index contributed by atoms with van der Waals surface area (Å²) in [4.78, 5) is 30.4. The second kappa shape index (κ2) is 11.7. The average Bonchev–Trinajstić information content (AvgIpc) is 3.31. The Labute approximate surface area is 205 Å².